The van der Waals surface area contributed by atoms with Gasteiger partial charge >= 0.3 is 0 Å². The standard InChI is InChI=1S/C48H54N7O8P/c1-32(2)55(33(3)4)64(61-28-14-27-49)63-42-40(62-47(43(42)59-7)54-31-52-41-44(50-30-51-45(41)54)53-46(56)34-15-10-8-11-16-34)29-60-48(35-17-12-9-13-18-35,36-19-23-38(57-5)24-20-36)37-21-25-39(58-6)26-22-37/h8-13,15-26,30-33,40,42-43,47H,14,28-29H2,1-7H3,(H,50,51,53,56)/t40-,42-,43-,47-,64?/m1/s1/i29D2. The highest BCUT2D eigenvalue weighted by molar-refractivity contribution is 7.44. The Balaban J connectivity index is 1.38. The number of nitrogens with one attached hydrogen (secondary N) is 1. The lowest BCUT2D eigenvalue weighted by Gasteiger charge is -2.39. The third kappa shape index (κ3) is 9.79. The second-order valence-corrected chi connectivity index (χ2v) is 16.8. The number of benzene rings is 4. The van der Waals surface area contributed by atoms with E-state index in [1.807, 2.05) is 93.0 Å². The highest BCUT2D eigenvalue weighted by atomic mass is 31.2. The Kier molecular flexibility index (Phi) is 14.4. The summed E-state index contributed by atoms with van der Waals surface area (Å²) in [4.78, 5) is 26.8. The Morgan fingerprint density at radius 1 is 0.859 bits per heavy atom. The molecular weight excluding hydrogens is 834 g/mol. The Hall–Kier alpha value is -5.82. The van der Waals surface area contributed by atoms with Crippen LogP contribution in [0, 0.1) is 11.3 Å². The lowest BCUT2D eigenvalue weighted by molar-refractivity contribution is -0.0938. The molecule has 5 atom stereocenters. The highest BCUT2D eigenvalue weighted by Crippen LogP contribution is 2.51. The first-order valence-corrected chi connectivity index (χ1v) is 22.0. The molecule has 1 fully saturated rings. The minimum atomic E-state index is -2.71. The molecule has 0 bridgehead atoms. The van der Waals surface area contributed by atoms with Crippen molar-refractivity contribution in [3.8, 4) is 17.6 Å². The summed E-state index contributed by atoms with van der Waals surface area (Å²) in [5, 5.41) is 12.4. The second kappa shape index (κ2) is 21.2. The maximum atomic E-state index is 13.3. The van der Waals surface area contributed by atoms with Crippen molar-refractivity contribution >= 4 is 31.4 Å². The van der Waals surface area contributed by atoms with Crippen molar-refractivity contribution in [3.05, 3.63) is 144 Å². The van der Waals surface area contributed by atoms with Gasteiger partial charge < -0.3 is 38.0 Å². The number of aromatic nitrogens is 4. The molecule has 2 aromatic heterocycles. The minimum Gasteiger partial charge on any atom is -0.497 e. The van der Waals surface area contributed by atoms with Gasteiger partial charge in [0.2, 0.25) is 0 Å². The van der Waals surface area contributed by atoms with E-state index >= 15 is 0 Å². The van der Waals surface area contributed by atoms with Crippen molar-refractivity contribution in [2.45, 2.75) is 76.3 Å². The maximum Gasteiger partial charge on any atom is 0.259 e. The molecule has 0 radical (unpaired) electrons. The van der Waals surface area contributed by atoms with Crippen LogP contribution in [-0.2, 0) is 28.9 Å². The number of nitrogens with zero attached hydrogens (tertiary/aromatic N) is 6. The van der Waals surface area contributed by atoms with Crippen LogP contribution >= 0.6 is 8.53 Å². The quantitative estimate of drug-likeness (QED) is 0.0440. The molecule has 4 aromatic carbocycles. The molecule has 1 saturated heterocycles. The van der Waals surface area contributed by atoms with E-state index in [-0.39, 0.29) is 42.1 Å². The number of anilines is 1. The molecule has 16 heteroatoms. The fourth-order valence-electron chi connectivity index (χ4n) is 7.77. The van der Waals surface area contributed by atoms with E-state index in [1.54, 1.807) is 67.3 Å². The number of rotatable bonds is 20. The van der Waals surface area contributed by atoms with Crippen molar-refractivity contribution in [2.75, 3.05) is 39.8 Å². The molecule has 15 nitrogen and oxygen atoms in total. The van der Waals surface area contributed by atoms with Crippen LogP contribution < -0.4 is 14.8 Å². The molecule has 64 heavy (non-hydrogen) atoms. The molecule has 1 aliphatic rings. The average molecular weight is 890 g/mol. The largest absolute Gasteiger partial charge is 0.497 e. The number of ether oxygens (including phenoxy) is 5. The summed E-state index contributed by atoms with van der Waals surface area (Å²) < 4.78 is 68.8. The first-order valence-electron chi connectivity index (χ1n) is 21.9. The molecule has 3 heterocycles. The van der Waals surface area contributed by atoms with Crippen LogP contribution in [0.25, 0.3) is 11.2 Å². The van der Waals surface area contributed by atoms with Crippen molar-refractivity contribution in [2.24, 2.45) is 0 Å². The first kappa shape index (κ1) is 43.4. The number of carbonyl (C=O) groups excluding carboxylic acids is 1. The number of amides is 1. The van der Waals surface area contributed by atoms with Crippen LogP contribution in [0.5, 0.6) is 11.5 Å². The number of hydrogen-bond donors (Lipinski definition) is 1. The number of hydrogen-bond acceptors (Lipinski definition) is 13. The SMILES string of the molecule is [2H]C([2H])(OC(c1ccccc1)(c1ccc(OC)cc1)c1ccc(OC)cc1)[C@H]1O[C@@H](n2cnc3c(NC(=O)c4ccccc4)ncnc32)[C@H](OC)[C@@H]1OP(OCCC#N)N(C(C)C)C(C)C. The molecule has 1 aliphatic heterocycles. The van der Waals surface area contributed by atoms with Gasteiger partial charge in [0.1, 0.15) is 41.7 Å². The zero-order valence-corrected chi connectivity index (χ0v) is 37.7. The van der Waals surface area contributed by atoms with Crippen molar-refractivity contribution in [1.29, 1.82) is 5.26 Å². The second-order valence-electron chi connectivity index (χ2n) is 15.4. The molecule has 0 saturated carbocycles. The van der Waals surface area contributed by atoms with Crippen molar-refractivity contribution in [1.82, 2.24) is 24.2 Å². The van der Waals surface area contributed by atoms with E-state index in [2.05, 4.69) is 26.3 Å². The van der Waals surface area contributed by atoms with Crippen LogP contribution in [0.15, 0.2) is 122 Å². The van der Waals surface area contributed by atoms with Crippen molar-refractivity contribution < 1.29 is 40.3 Å². The number of nitriles is 1. The summed E-state index contributed by atoms with van der Waals surface area (Å²) in [6.45, 7) is 5.40. The highest BCUT2D eigenvalue weighted by Gasteiger charge is 2.51. The molecular formula is C48H54N7O8P. The molecule has 6 aromatic rings. The third-order valence-electron chi connectivity index (χ3n) is 10.7. The van der Waals surface area contributed by atoms with Crippen LogP contribution in [0.3, 0.4) is 0 Å². The van der Waals surface area contributed by atoms with Gasteiger partial charge in [-0.25, -0.2) is 19.6 Å². The molecule has 1 unspecified atom stereocenters. The van der Waals surface area contributed by atoms with Gasteiger partial charge in [-0.05, 0) is 80.8 Å². The topological polar surface area (TPSA) is 164 Å². The van der Waals surface area contributed by atoms with Crippen LogP contribution in [0.1, 0.15) is 70.1 Å². The lowest BCUT2D eigenvalue weighted by atomic mass is 9.80. The number of carbonyl (C=O) groups is 1. The third-order valence-corrected chi connectivity index (χ3v) is 12.9. The van der Waals surface area contributed by atoms with Crippen LogP contribution in [0.4, 0.5) is 5.82 Å². The molecule has 0 aliphatic carbocycles. The molecule has 1 N–H and O–H groups in total. The molecule has 1 amide bonds. The van der Waals surface area contributed by atoms with E-state index in [1.165, 1.54) is 19.8 Å². The van der Waals surface area contributed by atoms with Gasteiger partial charge in [0.05, 0.1) is 48.9 Å². The first-order chi connectivity index (χ1) is 31.9. The predicted octanol–water partition coefficient (Wildman–Crippen LogP) is 8.68. The lowest BCUT2D eigenvalue weighted by Crippen LogP contribution is -2.42. The predicted molar refractivity (Wildman–Crippen MR) is 243 cm³/mol. The fraction of sp³-hybridized carbons (Fsp3) is 0.354. The smallest absolute Gasteiger partial charge is 0.259 e. The summed E-state index contributed by atoms with van der Waals surface area (Å²) in [7, 11) is 2.66. The van der Waals surface area contributed by atoms with Crippen LogP contribution in [-0.4, -0.2) is 95.0 Å². The molecule has 0 spiro atoms. The van der Waals surface area contributed by atoms with E-state index in [0.29, 0.717) is 33.8 Å². The van der Waals surface area contributed by atoms with E-state index < -0.39 is 51.1 Å². The van der Waals surface area contributed by atoms with E-state index in [0.717, 1.165) is 0 Å². The summed E-state index contributed by atoms with van der Waals surface area (Å²) >= 11 is 0. The summed E-state index contributed by atoms with van der Waals surface area (Å²) in [5.41, 5.74) is 1.14. The van der Waals surface area contributed by atoms with Crippen LogP contribution in [0.2, 0.25) is 0 Å². The van der Waals surface area contributed by atoms with E-state index in [4.69, 9.17) is 32.7 Å². The fourth-order valence-corrected chi connectivity index (χ4v) is 9.51. The van der Waals surface area contributed by atoms with Gasteiger partial charge in [0, 0.05) is 24.8 Å². The Morgan fingerprint density at radius 2 is 1.45 bits per heavy atom. The van der Waals surface area contributed by atoms with Gasteiger partial charge in [-0.15, -0.1) is 0 Å². The molecule has 334 valence electrons. The zero-order chi connectivity index (χ0) is 47.0. The Morgan fingerprint density at radius 3 is 2.02 bits per heavy atom. The number of fused-ring (bicyclic) bond motifs is 1. The van der Waals surface area contributed by atoms with Gasteiger partial charge in [0.25, 0.3) is 14.4 Å². The number of methoxy groups -OCH3 is 3. The summed E-state index contributed by atoms with van der Waals surface area (Å²) in [6, 6.07) is 34.6. The summed E-state index contributed by atoms with van der Waals surface area (Å²) in [5.74, 6) is 0.963. The normalized spacial score (nSPS) is 18.8. The van der Waals surface area contributed by atoms with Gasteiger partial charge in [-0.1, -0.05) is 72.8 Å². The monoisotopic (exact) mass is 889 g/mol. The maximum absolute atomic E-state index is 13.3. The molecule has 7 rings (SSSR count). The average Bonchev–Trinajstić information content (AvgIpc) is 3.93. The van der Waals surface area contributed by atoms with Crippen molar-refractivity contribution in [3.63, 3.8) is 0 Å². The van der Waals surface area contributed by atoms with Gasteiger partial charge in [-0.3, -0.25) is 9.36 Å². The Labute approximate surface area is 378 Å². The summed E-state index contributed by atoms with van der Waals surface area (Å²) in [6.07, 6.45) is -2.04. The van der Waals surface area contributed by atoms with Gasteiger partial charge in [-0.2, -0.15) is 5.26 Å². The van der Waals surface area contributed by atoms with Gasteiger partial charge in [0.15, 0.2) is 23.2 Å². The minimum absolute atomic E-state index is 0.0630. The Bertz CT molecular complexity index is 2510. The van der Waals surface area contributed by atoms with E-state index in [9.17, 15) is 12.8 Å². The zero-order valence-electron chi connectivity index (χ0n) is 38.8. The number of imidazole rings is 1.